The van der Waals surface area contributed by atoms with Crippen molar-refractivity contribution >= 4 is 34.8 Å². The van der Waals surface area contributed by atoms with Crippen LogP contribution < -0.4 is 5.32 Å². The van der Waals surface area contributed by atoms with Crippen LogP contribution in [0.4, 0.5) is 0 Å². The molecule has 0 bridgehead atoms. The molecular formula is C12H14ClNO4S. The number of carbonyl (C=O) groups excluding carboxylic acids is 1. The minimum atomic E-state index is -1.25. The Morgan fingerprint density at radius 2 is 2.11 bits per heavy atom. The summed E-state index contributed by atoms with van der Waals surface area (Å²) in [5, 5.41) is 14.1. The fraction of sp³-hybridized carbons (Fsp3) is 0.500. The number of rotatable bonds is 3. The molecule has 0 unspecified atom stereocenters. The second-order valence-corrected chi connectivity index (χ2v) is 5.77. The molecule has 1 aromatic rings. The Labute approximate surface area is 119 Å². The zero-order valence-electron chi connectivity index (χ0n) is 10.4. The first-order valence-corrected chi connectivity index (χ1v) is 7.09. The maximum absolute atomic E-state index is 12.2. The summed E-state index contributed by atoms with van der Waals surface area (Å²) in [6.07, 6.45) is 0.520. The number of carbonyl (C=O) groups is 2. The fourth-order valence-corrected chi connectivity index (χ4v) is 3.14. The van der Waals surface area contributed by atoms with Crippen LogP contribution in [0.25, 0.3) is 0 Å². The number of halogens is 1. The van der Waals surface area contributed by atoms with Crippen molar-refractivity contribution in [3.05, 3.63) is 20.8 Å². The summed E-state index contributed by atoms with van der Waals surface area (Å²) in [4.78, 5) is 24.0. The number of aryl methyl sites for hydroxylation is 1. The number of carboxylic acids is 1. The van der Waals surface area contributed by atoms with Crippen molar-refractivity contribution in [1.29, 1.82) is 0 Å². The Balaban J connectivity index is 2.20. The number of nitrogens with one attached hydrogen (secondary N) is 1. The van der Waals surface area contributed by atoms with Crippen LogP contribution in [0, 0.1) is 6.92 Å². The van der Waals surface area contributed by atoms with Crippen LogP contribution in [0.1, 0.15) is 28.1 Å². The first kappa shape index (κ1) is 14.3. The zero-order valence-corrected chi connectivity index (χ0v) is 11.9. The summed E-state index contributed by atoms with van der Waals surface area (Å²) < 4.78 is 5.15. The minimum absolute atomic E-state index is 0.260. The molecule has 0 atom stereocenters. The van der Waals surface area contributed by atoms with Gasteiger partial charge in [-0.05, 0) is 17.9 Å². The van der Waals surface area contributed by atoms with Crippen molar-refractivity contribution < 1.29 is 19.4 Å². The number of aliphatic carboxylic acids is 1. The second-order valence-electron chi connectivity index (χ2n) is 4.52. The smallest absolute Gasteiger partial charge is 0.329 e. The average molecular weight is 304 g/mol. The number of carboxylic acid groups (broad SMARTS) is 1. The largest absolute Gasteiger partial charge is 0.480 e. The van der Waals surface area contributed by atoms with Gasteiger partial charge in [0.2, 0.25) is 0 Å². The van der Waals surface area contributed by atoms with Gasteiger partial charge in [-0.25, -0.2) is 4.79 Å². The molecule has 0 radical (unpaired) electrons. The minimum Gasteiger partial charge on any atom is -0.480 e. The summed E-state index contributed by atoms with van der Waals surface area (Å²) in [6.45, 7) is 2.45. The van der Waals surface area contributed by atoms with Crippen LogP contribution in [-0.2, 0) is 9.53 Å². The molecule has 104 valence electrons. The molecule has 2 rings (SSSR count). The summed E-state index contributed by atoms with van der Waals surface area (Å²) >= 11 is 7.24. The number of ether oxygens (including phenoxy) is 1. The van der Waals surface area contributed by atoms with Crippen LogP contribution in [0.2, 0.25) is 5.02 Å². The van der Waals surface area contributed by atoms with E-state index in [9.17, 15) is 14.7 Å². The van der Waals surface area contributed by atoms with Gasteiger partial charge in [0.25, 0.3) is 5.91 Å². The molecule has 1 aliphatic heterocycles. The molecule has 1 saturated heterocycles. The van der Waals surface area contributed by atoms with E-state index in [0.717, 1.165) is 5.56 Å². The third-order valence-electron chi connectivity index (χ3n) is 3.21. The predicted molar refractivity (Wildman–Crippen MR) is 72.0 cm³/mol. The van der Waals surface area contributed by atoms with Crippen LogP contribution >= 0.6 is 22.9 Å². The Morgan fingerprint density at radius 1 is 1.47 bits per heavy atom. The van der Waals surface area contributed by atoms with Crippen LogP contribution in [0.15, 0.2) is 5.38 Å². The van der Waals surface area contributed by atoms with Gasteiger partial charge in [0, 0.05) is 26.1 Å². The number of thiophene rings is 1. The van der Waals surface area contributed by atoms with E-state index in [0.29, 0.717) is 23.1 Å². The van der Waals surface area contributed by atoms with Crippen LogP contribution in [0.3, 0.4) is 0 Å². The van der Waals surface area contributed by atoms with Gasteiger partial charge in [-0.15, -0.1) is 11.3 Å². The van der Waals surface area contributed by atoms with Gasteiger partial charge in [-0.3, -0.25) is 4.79 Å². The van der Waals surface area contributed by atoms with E-state index < -0.39 is 17.4 Å². The van der Waals surface area contributed by atoms with Crippen molar-refractivity contribution in [2.75, 3.05) is 13.2 Å². The van der Waals surface area contributed by atoms with Gasteiger partial charge < -0.3 is 15.2 Å². The van der Waals surface area contributed by atoms with Gasteiger partial charge in [-0.2, -0.15) is 0 Å². The van der Waals surface area contributed by atoms with Gasteiger partial charge >= 0.3 is 5.97 Å². The summed E-state index contributed by atoms with van der Waals surface area (Å²) in [7, 11) is 0. The third-order valence-corrected chi connectivity index (χ3v) is 4.91. The average Bonchev–Trinajstić information content (AvgIpc) is 2.71. The Morgan fingerprint density at radius 3 is 2.58 bits per heavy atom. The van der Waals surface area contributed by atoms with Gasteiger partial charge in [0.05, 0.1) is 5.02 Å². The van der Waals surface area contributed by atoms with Crippen molar-refractivity contribution in [1.82, 2.24) is 5.32 Å². The molecule has 0 aromatic carbocycles. The monoisotopic (exact) mass is 303 g/mol. The third kappa shape index (κ3) is 2.75. The maximum atomic E-state index is 12.2. The van der Waals surface area contributed by atoms with Crippen molar-refractivity contribution in [2.45, 2.75) is 25.3 Å². The molecule has 0 saturated carbocycles. The van der Waals surface area contributed by atoms with Crippen molar-refractivity contribution in [3.63, 3.8) is 0 Å². The molecule has 19 heavy (non-hydrogen) atoms. The van der Waals surface area contributed by atoms with E-state index >= 15 is 0 Å². The van der Waals surface area contributed by atoms with Crippen LogP contribution in [-0.4, -0.2) is 35.7 Å². The quantitative estimate of drug-likeness (QED) is 0.896. The molecule has 5 nitrogen and oxygen atoms in total. The lowest BCUT2D eigenvalue weighted by molar-refractivity contribution is -0.148. The highest BCUT2D eigenvalue weighted by atomic mass is 35.5. The Hall–Kier alpha value is -1.11. The molecule has 2 N–H and O–H groups in total. The molecule has 1 aliphatic rings. The standard InChI is InChI=1S/C12H14ClNO4S/c1-7-6-19-9(8(7)13)10(15)14-12(11(16)17)2-4-18-5-3-12/h6H,2-5H2,1H3,(H,14,15)(H,16,17). The van der Waals surface area contributed by atoms with E-state index in [-0.39, 0.29) is 12.8 Å². The first-order chi connectivity index (χ1) is 8.96. The molecule has 2 heterocycles. The molecule has 1 aromatic heterocycles. The zero-order chi connectivity index (χ0) is 14.0. The van der Waals surface area contributed by atoms with Crippen molar-refractivity contribution in [3.8, 4) is 0 Å². The topological polar surface area (TPSA) is 75.6 Å². The molecule has 1 amide bonds. The normalized spacial score (nSPS) is 18.0. The number of amides is 1. The molecular weight excluding hydrogens is 290 g/mol. The lowest BCUT2D eigenvalue weighted by Gasteiger charge is -2.33. The number of hydrogen-bond donors (Lipinski definition) is 2. The van der Waals surface area contributed by atoms with Gasteiger partial charge in [-0.1, -0.05) is 11.6 Å². The maximum Gasteiger partial charge on any atom is 0.329 e. The van der Waals surface area contributed by atoms with Crippen LogP contribution in [0.5, 0.6) is 0 Å². The SMILES string of the molecule is Cc1csc(C(=O)NC2(C(=O)O)CCOCC2)c1Cl. The second kappa shape index (κ2) is 5.48. The lowest BCUT2D eigenvalue weighted by Crippen LogP contribution is -2.57. The van der Waals surface area contributed by atoms with E-state index in [4.69, 9.17) is 16.3 Å². The first-order valence-electron chi connectivity index (χ1n) is 5.83. The molecule has 0 aliphatic carbocycles. The van der Waals surface area contributed by atoms with E-state index in [1.54, 1.807) is 12.3 Å². The molecule has 0 spiro atoms. The van der Waals surface area contributed by atoms with E-state index in [1.807, 2.05) is 0 Å². The Kier molecular flexibility index (Phi) is 4.13. The Bertz CT molecular complexity index is 508. The van der Waals surface area contributed by atoms with E-state index in [2.05, 4.69) is 5.32 Å². The predicted octanol–water partition coefficient (Wildman–Crippen LogP) is 2.07. The number of hydrogen-bond acceptors (Lipinski definition) is 4. The lowest BCUT2D eigenvalue weighted by atomic mass is 9.90. The summed E-state index contributed by atoms with van der Waals surface area (Å²) in [6, 6.07) is 0. The molecule has 7 heteroatoms. The highest BCUT2D eigenvalue weighted by Crippen LogP contribution is 2.29. The molecule has 1 fully saturated rings. The highest BCUT2D eigenvalue weighted by molar-refractivity contribution is 7.13. The van der Waals surface area contributed by atoms with E-state index in [1.165, 1.54) is 11.3 Å². The van der Waals surface area contributed by atoms with Crippen molar-refractivity contribution in [2.24, 2.45) is 0 Å². The highest BCUT2D eigenvalue weighted by Gasteiger charge is 2.42. The van der Waals surface area contributed by atoms with Gasteiger partial charge in [0.15, 0.2) is 0 Å². The summed E-state index contributed by atoms with van der Waals surface area (Å²) in [5.41, 5.74) is -0.440. The summed E-state index contributed by atoms with van der Waals surface area (Å²) in [5.74, 6) is -1.47. The van der Waals surface area contributed by atoms with Gasteiger partial charge in [0.1, 0.15) is 10.4 Å². The fourth-order valence-electron chi connectivity index (χ4n) is 1.97.